The van der Waals surface area contributed by atoms with Crippen LogP contribution in [0.4, 0.5) is 0 Å². The number of benzene rings is 1. The second kappa shape index (κ2) is 9.03. The number of oxime groups is 1. The van der Waals surface area contributed by atoms with E-state index in [-0.39, 0.29) is 5.84 Å². The van der Waals surface area contributed by atoms with Crippen LogP contribution in [0.5, 0.6) is 5.75 Å². The van der Waals surface area contributed by atoms with Crippen molar-refractivity contribution in [3.05, 3.63) is 71.2 Å². The van der Waals surface area contributed by atoms with Crippen molar-refractivity contribution in [1.29, 1.82) is 0 Å². The first kappa shape index (κ1) is 19.4. The zero-order valence-electron chi connectivity index (χ0n) is 16.4. The third-order valence-corrected chi connectivity index (χ3v) is 4.16. The lowest BCUT2D eigenvalue weighted by molar-refractivity contribution is 0.127. The largest absolute Gasteiger partial charge is 0.493 e. The van der Waals surface area contributed by atoms with Crippen LogP contribution in [0.2, 0.25) is 0 Å². The van der Waals surface area contributed by atoms with Crippen molar-refractivity contribution in [2.75, 3.05) is 13.2 Å². The summed E-state index contributed by atoms with van der Waals surface area (Å²) in [7, 11) is 0. The number of para-hydroxylation sites is 1. The monoisotopic (exact) mass is 379 g/mol. The van der Waals surface area contributed by atoms with Crippen molar-refractivity contribution in [2.24, 2.45) is 10.9 Å². The van der Waals surface area contributed by atoms with E-state index in [2.05, 4.69) is 15.2 Å². The maximum atomic E-state index is 5.97. The number of aryl methyl sites for hydroxylation is 3. The summed E-state index contributed by atoms with van der Waals surface area (Å²) in [6.45, 7) is 6.93. The molecule has 0 radical (unpaired) electrons. The summed E-state index contributed by atoms with van der Waals surface area (Å²) in [4.78, 5) is 9.70. The number of aromatic nitrogens is 3. The molecule has 1 aromatic carbocycles. The molecule has 0 aliphatic rings. The van der Waals surface area contributed by atoms with Gasteiger partial charge in [0, 0.05) is 23.9 Å². The minimum Gasteiger partial charge on any atom is -0.493 e. The molecule has 0 aliphatic heterocycles. The molecular formula is C21H25N5O2. The number of amidine groups is 1. The van der Waals surface area contributed by atoms with Crippen LogP contribution < -0.4 is 10.5 Å². The zero-order chi connectivity index (χ0) is 19.9. The molecule has 0 fully saturated rings. The fourth-order valence-corrected chi connectivity index (χ4v) is 2.72. The highest BCUT2D eigenvalue weighted by Crippen LogP contribution is 2.16. The minimum absolute atomic E-state index is 0.284. The highest BCUT2D eigenvalue weighted by Gasteiger charge is 2.06. The molecule has 7 heteroatoms. The van der Waals surface area contributed by atoms with Gasteiger partial charge in [-0.15, -0.1) is 0 Å². The van der Waals surface area contributed by atoms with Gasteiger partial charge in [-0.2, -0.15) is 5.10 Å². The van der Waals surface area contributed by atoms with Crippen molar-refractivity contribution in [1.82, 2.24) is 14.8 Å². The van der Waals surface area contributed by atoms with Gasteiger partial charge in [0.25, 0.3) is 0 Å². The maximum absolute atomic E-state index is 5.97. The van der Waals surface area contributed by atoms with Gasteiger partial charge in [0.2, 0.25) is 0 Å². The smallest absolute Gasteiger partial charge is 0.171 e. The number of rotatable bonds is 8. The van der Waals surface area contributed by atoms with E-state index < -0.39 is 0 Å². The lowest BCUT2D eigenvalue weighted by Crippen LogP contribution is -2.15. The van der Waals surface area contributed by atoms with Crippen LogP contribution in [-0.4, -0.2) is 33.8 Å². The molecule has 7 nitrogen and oxygen atoms in total. The van der Waals surface area contributed by atoms with Crippen LogP contribution in [0.3, 0.4) is 0 Å². The average molecular weight is 379 g/mol. The summed E-state index contributed by atoms with van der Waals surface area (Å²) in [5.41, 5.74) is 9.76. The Kier molecular flexibility index (Phi) is 6.26. The lowest BCUT2D eigenvalue weighted by Gasteiger charge is -2.08. The van der Waals surface area contributed by atoms with Crippen molar-refractivity contribution in [3.63, 3.8) is 0 Å². The Labute approximate surface area is 164 Å². The molecular weight excluding hydrogens is 354 g/mol. The third kappa shape index (κ3) is 4.88. The molecule has 0 amide bonds. The molecule has 3 rings (SSSR count). The van der Waals surface area contributed by atoms with Crippen molar-refractivity contribution in [2.45, 2.75) is 27.2 Å². The van der Waals surface area contributed by atoms with Crippen molar-refractivity contribution < 1.29 is 9.57 Å². The second-order valence-corrected chi connectivity index (χ2v) is 6.52. The Balaban J connectivity index is 1.47. The topological polar surface area (TPSA) is 87.6 Å². The average Bonchev–Trinajstić information content (AvgIpc) is 3.04. The molecule has 0 unspecified atom stereocenters. The van der Waals surface area contributed by atoms with Gasteiger partial charge < -0.3 is 15.3 Å². The molecule has 0 atom stereocenters. The Hall–Kier alpha value is -3.35. The molecule has 0 bridgehead atoms. The Morgan fingerprint density at radius 3 is 2.61 bits per heavy atom. The molecule has 0 spiro atoms. The Bertz CT molecular complexity index is 948. The highest BCUT2D eigenvalue weighted by atomic mass is 16.6. The summed E-state index contributed by atoms with van der Waals surface area (Å²) in [5.74, 6) is 1.91. The number of nitrogens with zero attached hydrogens (tertiary/aromatic N) is 4. The fraction of sp³-hybridized carbons (Fsp3) is 0.286. The van der Waals surface area contributed by atoms with E-state index in [9.17, 15) is 0 Å². The van der Waals surface area contributed by atoms with Crippen LogP contribution in [0, 0.1) is 20.8 Å². The quantitative estimate of drug-likeness (QED) is 0.281. The number of hydrogen-bond donors (Lipinski definition) is 1. The summed E-state index contributed by atoms with van der Waals surface area (Å²) >= 11 is 0. The summed E-state index contributed by atoms with van der Waals surface area (Å²) in [5, 5.41) is 8.37. The lowest BCUT2D eigenvalue weighted by atomic mass is 10.2. The number of hydrogen-bond acceptors (Lipinski definition) is 5. The van der Waals surface area contributed by atoms with Gasteiger partial charge in [0.05, 0.1) is 12.3 Å². The molecule has 2 heterocycles. The summed E-state index contributed by atoms with van der Waals surface area (Å²) < 4.78 is 7.51. The van der Waals surface area contributed by atoms with E-state index in [1.807, 2.05) is 63.2 Å². The van der Waals surface area contributed by atoms with Gasteiger partial charge in [-0.05, 0) is 50.6 Å². The van der Waals surface area contributed by atoms with E-state index >= 15 is 0 Å². The van der Waals surface area contributed by atoms with Gasteiger partial charge in [-0.3, -0.25) is 0 Å². The van der Waals surface area contributed by atoms with Crippen LogP contribution in [0.25, 0.3) is 5.82 Å². The Morgan fingerprint density at radius 2 is 1.93 bits per heavy atom. The van der Waals surface area contributed by atoms with Gasteiger partial charge in [0.1, 0.15) is 12.4 Å². The predicted molar refractivity (Wildman–Crippen MR) is 109 cm³/mol. The van der Waals surface area contributed by atoms with E-state index in [4.69, 9.17) is 15.3 Å². The van der Waals surface area contributed by atoms with Gasteiger partial charge in [-0.1, -0.05) is 23.4 Å². The first-order valence-electron chi connectivity index (χ1n) is 9.18. The van der Waals surface area contributed by atoms with E-state index in [1.165, 1.54) is 0 Å². The van der Waals surface area contributed by atoms with Crippen LogP contribution >= 0.6 is 0 Å². The van der Waals surface area contributed by atoms with E-state index in [1.54, 1.807) is 10.9 Å². The number of nitrogens with two attached hydrogens (primary N) is 1. The Morgan fingerprint density at radius 1 is 1.11 bits per heavy atom. The molecule has 28 heavy (non-hydrogen) atoms. The van der Waals surface area contributed by atoms with Crippen molar-refractivity contribution in [3.8, 4) is 11.6 Å². The first-order chi connectivity index (χ1) is 13.5. The number of pyridine rings is 1. The minimum atomic E-state index is 0.284. The fourth-order valence-electron chi connectivity index (χ4n) is 2.72. The van der Waals surface area contributed by atoms with Crippen LogP contribution in [0.1, 0.15) is 28.9 Å². The first-order valence-corrected chi connectivity index (χ1v) is 9.18. The second-order valence-electron chi connectivity index (χ2n) is 6.52. The molecule has 0 aliphatic carbocycles. The summed E-state index contributed by atoms with van der Waals surface area (Å²) in [6, 6.07) is 13.6. The van der Waals surface area contributed by atoms with E-state index in [0.29, 0.717) is 25.2 Å². The van der Waals surface area contributed by atoms with Gasteiger partial charge in [-0.25, -0.2) is 9.67 Å². The predicted octanol–water partition coefficient (Wildman–Crippen LogP) is 3.30. The maximum Gasteiger partial charge on any atom is 0.171 e. The van der Waals surface area contributed by atoms with Crippen molar-refractivity contribution >= 4 is 5.84 Å². The molecule has 2 N–H and O–H groups in total. The molecule has 3 aromatic rings. The molecule has 2 aromatic heterocycles. The highest BCUT2D eigenvalue weighted by molar-refractivity contribution is 5.96. The number of ether oxygens (including phenoxy) is 1. The molecule has 146 valence electrons. The van der Waals surface area contributed by atoms with Gasteiger partial charge in [0.15, 0.2) is 11.7 Å². The molecule has 0 saturated heterocycles. The molecule has 0 saturated carbocycles. The van der Waals surface area contributed by atoms with Gasteiger partial charge >= 0.3 is 0 Å². The van der Waals surface area contributed by atoms with Crippen LogP contribution in [0.15, 0.2) is 53.8 Å². The van der Waals surface area contributed by atoms with E-state index in [0.717, 1.165) is 28.5 Å². The summed E-state index contributed by atoms with van der Waals surface area (Å²) in [6.07, 6.45) is 2.37. The van der Waals surface area contributed by atoms with Crippen LogP contribution in [-0.2, 0) is 4.84 Å². The normalized spacial score (nSPS) is 11.5. The zero-order valence-corrected chi connectivity index (χ0v) is 16.4. The SMILES string of the molecule is Cc1cc(C)n(-c2ccc(/C(N)=N/OCCCOc3ccccc3C)cn2)n1. The standard InChI is InChI=1S/C21H25N5O2/c1-15-7-4-5-8-19(15)27-11-6-12-28-25-21(22)18-9-10-20(23-14-18)26-17(3)13-16(2)24-26/h4-5,7-10,13-14H,6,11-12H2,1-3H3,(H2,22,25). The third-order valence-electron chi connectivity index (χ3n) is 4.16.